The molecule has 0 aliphatic carbocycles. The van der Waals surface area contributed by atoms with Crippen molar-refractivity contribution in [1.82, 2.24) is 24.5 Å². The Morgan fingerprint density at radius 1 is 1.10 bits per heavy atom. The van der Waals surface area contributed by atoms with Gasteiger partial charge >= 0.3 is 0 Å². The Labute approximate surface area is 221 Å². The summed E-state index contributed by atoms with van der Waals surface area (Å²) in [7, 11) is 0. The van der Waals surface area contributed by atoms with Crippen LogP contribution < -0.4 is 16.4 Å². The monoisotopic (exact) mass is 544 g/mol. The second-order valence-corrected chi connectivity index (χ2v) is 9.91. The lowest BCUT2D eigenvalue weighted by molar-refractivity contribution is -0.0529. The molecule has 0 radical (unpaired) electrons. The molecule has 0 spiro atoms. The van der Waals surface area contributed by atoms with Crippen molar-refractivity contribution in [3.8, 4) is 11.3 Å². The van der Waals surface area contributed by atoms with E-state index < -0.39 is 24.5 Å². The Balaban J connectivity index is 1.58. The lowest BCUT2D eigenvalue weighted by Crippen LogP contribution is -2.63. The molecule has 39 heavy (non-hydrogen) atoms. The quantitative estimate of drug-likeness (QED) is 0.300. The fraction of sp³-hybridized carbons (Fsp3) is 0.385. The summed E-state index contributed by atoms with van der Waals surface area (Å²) in [6.07, 6.45) is -2.28. The van der Waals surface area contributed by atoms with E-state index in [1.54, 1.807) is 30.1 Å². The van der Waals surface area contributed by atoms with Crippen molar-refractivity contribution in [2.24, 2.45) is 5.73 Å². The highest BCUT2D eigenvalue weighted by molar-refractivity contribution is 5.81. The lowest BCUT2D eigenvalue weighted by atomic mass is 9.84. The van der Waals surface area contributed by atoms with Gasteiger partial charge in [-0.15, -0.1) is 0 Å². The number of imidazole rings is 1. The Bertz CT molecular complexity index is 1500. The average Bonchev–Trinajstić information content (AvgIpc) is 3.32. The van der Waals surface area contributed by atoms with Crippen molar-refractivity contribution in [1.29, 1.82) is 0 Å². The number of fused-ring (bicyclic) bond motifs is 1. The normalized spacial score (nSPS) is 18.8. The average molecular weight is 545 g/mol. The van der Waals surface area contributed by atoms with Crippen LogP contribution in [0, 0.1) is 6.92 Å². The summed E-state index contributed by atoms with van der Waals surface area (Å²) < 4.78 is 55.0. The van der Waals surface area contributed by atoms with Gasteiger partial charge in [-0.05, 0) is 43.0 Å². The number of nitrogens with two attached hydrogens (primary N) is 2. The number of aryl methyl sites for hydroxylation is 1. The molecule has 5 N–H and O–H groups in total. The molecule has 1 saturated heterocycles. The van der Waals surface area contributed by atoms with E-state index in [-0.39, 0.29) is 30.9 Å². The molecule has 4 heterocycles. The van der Waals surface area contributed by atoms with Crippen LogP contribution in [0.15, 0.2) is 43.1 Å². The van der Waals surface area contributed by atoms with Crippen LogP contribution in [0.1, 0.15) is 36.0 Å². The highest BCUT2D eigenvalue weighted by Crippen LogP contribution is 2.34. The third-order valence-corrected chi connectivity index (χ3v) is 7.24. The Morgan fingerprint density at radius 2 is 1.90 bits per heavy atom. The first-order chi connectivity index (χ1) is 18.6. The Kier molecular flexibility index (Phi) is 7.12. The summed E-state index contributed by atoms with van der Waals surface area (Å²) in [5.41, 5.74) is 14.8. The number of anilines is 2. The van der Waals surface area contributed by atoms with Crippen molar-refractivity contribution in [2.75, 3.05) is 23.7 Å². The highest BCUT2D eigenvalue weighted by atomic mass is 19.3. The number of rotatable bonds is 7. The van der Waals surface area contributed by atoms with E-state index in [0.717, 1.165) is 5.56 Å². The predicted octanol–water partition coefficient (Wildman–Crippen LogP) is 3.69. The fourth-order valence-electron chi connectivity index (χ4n) is 5.17. The van der Waals surface area contributed by atoms with Crippen molar-refractivity contribution in [3.63, 3.8) is 0 Å². The van der Waals surface area contributed by atoms with E-state index in [1.165, 1.54) is 18.5 Å². The van der Waals surface area contributed by atoms with E-state index in [2.05, 4.69) is 19.9 Å². The van der Waals surface area contributed by atoms with Crippen molar-refractivity contribution in [2.45, 2.75) is 50.8 Å². The van der Waals surface area contributed by atoms with Gasteiger partial charge < -0.3 is 26.0 Å². The lowest BCUT2D eigenvalue weighted by Gasteiger charge is -2.44. The summed E-state index contributed by atoms with van der Waals surface area (Å²) in [5.74, 6) is 0.231. The molecular formula is C26H28F4N8O. The van der Waals surface area contributed by atoms with Gasteiger partial charge in [0.2, 0.25) is 0 Å². The molecule has 1 aliphatic rings. The molecule has 1 aromatic carbocycles. The summed E-state index contributed by atoms with van der Waals surface area (Å²) in [6.45, 7) is 2.51. The van der Waals surface area contributed by atoms with Gasteiger partial charge in [-0.2, -0.15) is 0 Å². The first-order valence-electron chi connectivity index (χ1n) is 12.4. The van der Waals surface area contributed by atoms with Gasteiger partial charge in [0.1, 0.15) is 17.9 Å². The number of alkyl halides is 4. The number of aromatic nitrogens is 5. The second kappa shape index (κ2) is 10.4. The SMILES string of the molecule is Cc1cc(C(F)F)ccc1-c1cc(Cn2cnc3c(N)ncnc32)c(N2CCC[C@](N)([C@H](O)C(F)F)C2)cn1. The molecule has 206 valence electrons. The maximum Gasteiger partial charge on any atom is 0.265 e. The maximum atomic E-state index is 13.4. The number of hydrogen-bond acceptors (Lipinski definition) is 8. The van der Waals surface area contributed by atoms with Crippen LogP contribution in [-0.4, -0.2) is 60.8 Å². The molecule has 0 unspecified atom stereocenters. The van der Waals surface area contributed by atoms with Crippen molar-refractivity contribution >= 4 is 22.7 Å². The number of pyridine rings is 1. The van der Waals surface area contributed by atoms with E-state index in [9.17, 15) is 22.7 Å². The number of aliphatic hydroxyl groups is 1. The summed E-state index contributed by atoms with van der Waals surface area (Å²) in [5, 5.41) is 10.2. The zero-order chi connectivity index (χ0) is 27.9. The molecule has 5 rings (SSSR count). The van der Waals surface area contributed by atoms with Crippen LogP contribution in [0.4, 0.5) is 29.1 Å². The molecular weight excluding hydrogens is 516 g/mol. The van der Waals surface area contributed by atoms with E-state index in [0.29, 0.717) is 46.6 Å². The smallest absolute Gasteiger partial charge is 0.265 e. The van der Waals surface area contributed by atoms with E-state index >= 15 is 0 Å². The minimum Gasteiger partial charge on any atom is -0.385 e. The molecule has 13 heteroatoms. The van der Waals surface area contributed by atoms with Gasteiger partial charge in [0.15, 0.2) is 11.5 Å². The molecule has 0 saturated carbocycles. The largest absolute Gasteiger partial charge is 0.385 e. The molecule has 0 amide bonds. The Hall–Kier alpha value is -3.84. The minimum atomic E-state index is -2.98. The number of hydrogen-bond donors (Lipinski definition) is 3. The number of halogens is 4. The summed E-state index contributed by atoms with van der Waals surface area (Å²) in [6, 6.07) is 6.22. The zero-order valence-corrected chi connectivity index (χ0v) is 21.1. The van der Waals surface area contributed by atoms with Crippen LogP contribution >= 0.6 is 0 Å². The van der Waals surface area contributed by atoms with Gasteiger partial charge in [0.25, 0.3) is 12.9 Å². The van der Waals surface area contributed by atoms with Gasteiger partial charge in [0.05, 0.1) is 36.0 Å². The summed E-state index contributed by atoms with van der Waals surface area (Å²) >= 11 is 0. The molecule has 1 aliphatic heterocycles. The van der Waals surface area contributed by atoms with Gasteiger partial charge in [0, 0.05) is 24.2 Å². The molecule has 3 aromatic heterocycles. The van der Waals surface area contributed by atoms with E-state index in [1.807, 2.05) is 11.0 Å². The van der Waals surface area contributed by atoms with Crippen molar-refractivity contribution in [3.05, 3.63) is 59.8 Å². The number of nitrogen functional groups attached to an aromatic ring is 1. The van der Waals surface area contributed by atoms with Gasteiger partial charge in [-0.25, -0.2) is 32.5 Å². The topological polar surface area (TPSA) is 132 Å². The second-order valence-electron chi connectivity index (χ2n) is 9.91. The highest BCUT2D eigenvalue weighted by Gasteiger charge is 2.43. The fourth-order valence-corrected chi connectivity index (χ4v) is 5.17. The first kappa shape index (κ1) is 26.8. The predicted molar refractivity (Wildman–Crippen MR) is 139 cm³/mol. The van der Waals surface area contributed by atoms with Crippen LogP contribution in [0.25, 0.3) is 22.4 Å². The van der Waals surface area contributed by atoms with Gasteiger partial charge in [-0.1, -0.05) is 12.1 Å². The van der Waals surface area contributed by atoms with Crippen molar-refractivity contribution < 1.29 is 22.7 Å². The molecule has 4 aromatic rings. The molecule has 2 atom stereocenters. The third-order valence-electron chi connectivity index (χ3n) is 7.24. The molecule has 9 nitrogen and oxygen atoms in total. The summed E-state index contributed by atoms with van der Waals surface area (Å²) in [4.78, 5) is 19.0. The van der Waals surface area contributed by atoms with Crippen LogP contribution in [0.3, 0.4) is 0 Å². The third kappa shape index (κ3) is 5.11. The first-order valence-corrected chi connectivity index (χ1v) is 12.4. The maximum absolute atomic E-state index is 13.4. The van der Waals surface area contributed by atoms with E-state index in [4.69, 9.17) is 11.5 Å². The van der Waals surface area contributed by atoms with Crippen LogP contribution in [-0.2, 0) is 6.54 Å². The van der Waals surface area contributed by atoms with Gasteiger partial charge in [-0.3, -0.25) is 4.98 Å². The molecule has 1 fully saturated rings. The molecule has 0 bridgehead atoms. The van der Waals surface area contributed by atoms with Crippen LogP contribution in [0.2, 0.25) is 0 Å². The number of piperidine rings is 1. The number of aliphatic hydroxyl groups excluding tert-OH is 1. The van der Waals surface area contributed by atoms with Crippen LogP contribution in [0.5, 0.6) is 0 Å². The standard InChI is InChI=1S/C26H28F4N8O/c1-14-7-15(22(27)28)3-4-17(14)18-8-16(10-38-13-36-20-24(31)34-12-35-25(20)38)19(9-33-18)37-6-2-5-26(32,11-37)21(39)23(29)30/h3-4,7-9,12-13,21-23,39H,2,5-6,10-11,32H2,1H3,(H2,31,34,35)/t21-,26-/m1/s1. The zero-order valence-electron chi connectivity index (χ0n) is 21.1. The Morgan fingerprint density at radius 3 is 2.62 bits per heavy atom. The number of nitrogens with zero attached hydrogens (tertiary/aromatic N) is 6. The number of benzene rings is 1. The minimum absolute atomic E-state index is 0.00551.